The molecule has 0 aliphatic carbocycles. The first-order chi connectivity index (χ1) is 14.5. The van der Waals surface area contributed by atoms with Crippen LogP contribution in [0.3, 0.4) is 0 Å². The highest BCUT2D eigenvalue weighted by atomic mass is 16.5. The SMILES string of the molecule is C.C[C@@H](O)[C@H](NC(=O)c1ccc(C#Cc2ccc(-n3cccc3)cc2)cc1)C(=O)NO. The van der Waals surface area contributed by atoms with Gasteiger partial charge in [0.15, 0.2) is 0 Å². The van der Waals surface area contributed by atoms with Crippen LogP contribution in [0.15, 0.2) is 73.1 Å². The predicted octanol–water partition coefficient (Wildman–Crippen LogP) is 2.50. The molecule has 2 amide bonds. The van der Waals surface area contributed by atoms with E-state index in [0.717, 1.165) is 16.8 Å². The number of hydroxylamine groups is 1. The third-order valence-corrected chi connectivity index (χ3v) is 4.43. The van der Waals surface area contributed by atoms with Gasteiger partial charge in [0.25, 0.3) is 11.8 Å². The molecular formula is C24H25N3O4. The average Bonchev–Trinajstić information content (AvgIpc) is 3.31. The number of carbonyl (C=O) groups excluding carboxylic acids is 2. The first-order valence-electron chi connectivity index (χ1n) is 9.26. The summed E-state index contributed by atoms with van der Waals surface area (Å²) in [5, 5.41) is 20.7. The second-order valence-corrected chi connectivity index (χ2v) is 6.63. The Hall–Kier alpha value is -3.86. The van der Waals surface area contributed by atoms with Crippen LogP contribution in [0.4, 0.5) is 0 Å². The van der Waals surface area contributed by atoms with Gasteiger partial charge in [0.05, 0.1) is 6.10 Å². The van der Waals surface area contributed by atoms with Crippen molar-refractivity contribution in [2.75, 3.05) is 0 Å². The van der Waals surface area contributed by atoms with Gasteiger partial charge < -0.3 is 15.0 Å². The van der Waals surface area contributed by atoms with Crippen molar-refractivity contribution < 1.29 is 19.9 Å². The second kappa shape index (κ2) is 10.8. The second-order valence-electron chi connectivity index (χ2n) is 6.63. The molecule has 160 valence electrons. The summed E-state index contributed by atoms with van der Waals surface area (Å²) >= 11 is 0. The first kappa shape index (κ1) is 23.4. The van der Waals surface area contributed by atoms with Crippen molar-refractivity contribution in [1.29, 1.82) is 0 Å². The van der Waals surface area contributed by atoms with Crippen LogP contribution in [0.25, 0.3) is 5.69 Å². The van der Waals surface area contributed by atoms with Crippen molar-refractivity contribution in [2.24, 2.45) is 0 Å². The lowest BCUT2D eigenvalue weighted by atomic mass is 10.1. The maximum absolute atomic E-state index is 12.3. The summed E-state index contributed by atoms with van der Waals surface area (Å²) in [4.78, 5) is 23.8. The van der Waals surface area contributed by atoms with Gasteiger partial charge >= 0.3 is 0 Å². The van der Waals surface area contributed by atoms with Crippen LogP contribution in [0.5, 0.6) is 0 Å². The number of hydrogen-bond donors (Lipinski definition) is 4. The number of nitrogens with one attached hydrogen (secondary N) is 2. The Morgan fingerprint density at radius 3 is 1.94 bits per heavy atom. The number of rotatable bonds is 5. The van der Waals surface area contributed by atoms with Crippen molar-refractivity contribution in [3.8, 4) is 17.5 Å². The Kier molecular flexibility index (Phi) is 8.15. The zero-order chi connectivity index (χ0) is 21.5. The molecule has 1 aromatic heterocycles. The topological polar surface area (TPSA) is 104 Å². The monoisotopic (exact) mass is 419 g/mol. The van der Waals surface area contributed by atoms with Crippen LogP contribution in [0, 0.1) is 11.8 Å². The number of amides is 2. The number of benzene rings is 2. The average molecular weight is 419 g/mol. The van der Waals surface area contributed by atoms with Crippen LogP contribution in [0.2, 0.25) is 0 Å². The highest BCUT2D eigenvalue weighted by Gasteiger charge is 2.25. The number of nitrogens with zero attached hydrogens (tertiary/aromatic N) is 1. The predicted molar refractivity (Wildman–Crippen MR) is 118 cm³/mol. The minimum absolute atomic E-state index is 0. The molecule has 2 aromatic carbocycles. The highest BCUT2D eigenvalue weighted by molar-refractivity contribution is 5.97. The van der Waals surface area contributed by atoms with E-state index in [0.29, 0.717) is 5.56 Å². The first-order valence-corrected chi connectivity index (χ1v) is 9.26. The molecule has 0 unspecified atom stereocenters. The molecule has 0 aliphatic heterocycles. The Labute approximate surface area is 181 Å². The lowest BCUT2D eigenvalue weighted by molar-refractivity contribution is -0.133. The van der Waals surface area contributed by atoms with Crippen LogP contribution < -0.4 is 10.8 Å². The summed E-state index contributed by atoms with van der Waals surface area (Å²) in [6.07, 6.45) is 2.77. The third kappa shape index (κ3) is 6.06. The molecule has 7 nitrogen and oxygen atoms in total. The van der Waals surface area contributed by atoms with Crippen LogP contribution in [-0.4, -0.2) is 38.8 Å². The van der Waals surface area contributed by atoms with Gasteiger partial charge in [0, 0.05) is 34.8 Å². The van der Waals surface area contributed by atoms with E-state index in [-0.39, 0.29) is 7.43 Å². The molecule has 4 N–H and O–H groups in total. The van der Waals surface area contributed by atoms with Crippen LogP contribution >= 0.6 is 0 Å². The molecule has 0 radical (unpaired) electrons. The summed E-state index contributed by atoms with van der Waals surface area (Å²) in [5.74, 6) is 4.67. The zero-order valence-corrected chi connectivity index (χ0v) is 16.2. The normalized spacial score (nSPS) is 11.8. The fourth-order valence-corrected chi connectivity index (χ4v) is 2.77. The summed E-state index contributed by atoms with van der Waals surface area (Å²) < 4.78 is 2.01. The molecule has 0 bridgehead atoms. The van der Waals surface area contributed by atoms with Crippen LogP contribution in [-0.2, 0) is 4.79 Å². The van der Waals surface area contributed by atoms with Gasteiger partial charge in [0.2, 0.25) is 0 Å². The summed E-state index contributed by atoms with van der Waals surface area (Å²) in [5.41, 5.74) is 4.36. The van der Waals surface area contributed by atoms with Crippen molar-refractivity contribution in [2.45, 2.75) is 26.5 Å². The molecule has 7 heteroatoms. The Bertz CT molecular complexity index is 1060. The Morgan fingerprint density at radius 1 is 0.935 bits per heavy atom. The summed E-state index contributed by atoms with van der Waals surface area (Å²) in [6.45, 7) is 1.34. The van der Waals surface area contributed by atoms with E-state index >= 15 is 0 Å². The standard InChI is InChI=1S/C23H21N3O4.CH4/c1-16(27)21(23(29)25-30)24-22(28)19-10-6-17(7-11-19)4-5-18-8-12-20(13-9-18)26-14-2-3-15-26;/h2-3,6-16,21,27,30H,1H3,(H,24,28)(H,25,29);1H4/t16-,21+;/m1./s1. The number of aromatic nitrogens is 1. The van der Waals surface area contributed by atoms with E-state index in [9.17, 15) is 14.7 Å². The summed E-state index contributed by atoms with van der Waals surface area (Å²) in [7, 11) is 0. The minimum Gasteiger partial charge on any atom is -0.391 e. The molecule has 0 saturated carbocycles. The number of aliphatic hydroxyl groups excluding tert-OH is 1. The highest BCUT2D eigenvalue weighted by Crippen LogP contribution is 2.10. The third-order valence-electron chi connectivity index (χ3n) is 4.43. The van der Waals surface area contributed by atoms with E-state index < -0.39 is 24.0 Å². The molecule has 0 fully saturated rings. The number of carbonyl (C=O) groups is 2. The van der Waals surface area contributed by atoms with Gasteiger partial charge in [0.1, 0.15) is 6.04 Å². The number of hydrogen-bond acceptors (Lipinski definition) is 4. The van der Waals surface area contributed by atoms with Crippen LogP contribution in [0.1, 0.15) is 35.8 Å². The molecule has 31 heavy (non-hydrogen) atoms. The van der Waals surface area contributed by atoms with Gasteiger partial charge in [-0.25, -0.2) is 5.48 Å². The molecule has 0 aliphatic rings. The fraction of sp³-hybridized carbons (Fsp3) is 0.167. The van der Waals surface area contributed by atoms with E-state index in [1.807, 2.05) is 53.4 Å². The molecular weight excluding hydrogens is 394 g/mol. The maximum Gasteiger partial charge on any atom is 0.268 e. The molecule has 3 rings (SSSR count). The lowest BCUT2D eigenvalue weighted by Gasteiger charge is -2.19. The van der Waals surface area contributed by atoms with Crippen molar-refractivity contribution >= 4 is 11.8 Å². The van der Waals surface area contributed by atoms with Gasteiger partial charge in [-0.05, 0) is 67.6 Å². The smallest absolute Gasteiger partial charge is 0.268 e. The molecule has 0 spiro atoms. The fourth-order valence-electron chi connectivity index (χ4n) is 2.77. The molecule has 3 aromatic rings. The molecule has 1 heterocycles. The molecule has 2 atom stereocenters. The Morgan fingerprint density at radius 2 is 1.45 bits per heavy atom. The largest absolute Gasteiger partial charge is 0.391 e. The van der Waals surface area contributed by atoms with E-state index in [4.69, 9.17) is 5.21 Å². The van der Waals surface area contributed by atoms with E-state index in [1.165, 1.54) is 12.4 Å². The van der Waals surface area contributed by atoms with Gasteiger partial charge in [-0.3, -0.25) is 14.8 Å². The van der Waals surface area contributed by atoms with E-state index in [2.05, 4.69) is 17.2 Å². The summed E-state index contributed by atoms with van der Waals surface area (Å²) in [6, 6.07) is 17.0. The Balaban J connectivity index is 0.00000341. The quantitative estimate of drug-likeness (QED) is 0.290. The van der Waals surface area contributed by atoms with Gasteiger partial charge in [-0.2, -0.15) is 0 Å². The van der Waals surface area contributed by atoms with Gasteiger partial charge in [-0.15, -0.1) is 0 Å². The van der Waals surface area contributed by atoms with Gasteiger partial charge in [-0.1, -0.05) is 19.3 Å². The lowest BCUT2D eigenvalue weighted by Crippen LogP contribution is -2.51. The minimum atomic E-state index is -1.27. The van der Waals surface area contributed by atoms with Crippen molar-refractivity contribution in [3.05, 3.63) is 89.7 Å². The zero-order valence-electron chi connectivity index (χ0n) is 16.2. The molecule has 0 saturated heterocycles. The van der Waals surface area contributed by atoms with Crippen molar-refractivity contribution in [1.82, 2.24) is 15.4 Å². The maximum atomic E-state index is 12.3. The van der Waals surface area contributed by atoms with Crippen molar-refractivity contribution in [3.63, 3.8) is 0 Å². The van der Waals surface area contributed by atoms with E-state index in [1.54, 1.807) is 24.3 Å². The number of aliphatic hydroxyl groups is 1.